The van der Waals surface area contributed by atoms with Crippen LogP contribution in [-0.2, 0) is 4.74 Å². The number of aromatic nitrogens is 2. The van der Waals surface area contributed by atoms with E-state index in [9.17, 15) is 0 Å². The predicted octanol–water partition coefficient (Wildman–Crippen LogP) is 3.26. The van der Waals surface area contributed by atoms with Crippen LogP contribution in [0.5, 0.6) is 5.88 Å². The molecule has 4 nitrogen and oxygen atoms in total. The van der Waals surface area contributed by atoms with Gasteiger partial charge >= 0.3 is 0 Å². The van der Waals surface area contributed by atoms with Gasteiger partial charge < -0.3 is 9.47 Å². The summed E-state index contributed by atoms with van der Waals surface area (Å²) in [4.78, 5) is 8.84. The van der Waals surface area contributed by atoms with E-state index >= 15 is 0 Å². The highest BCUT2D eigenvalue weighted by molar-refractivity contribution is 6.30. The van der Waals surface area contributed by atoms with E-state index < -0.39 is 0 Å². The molecular weight excluding hydrogens is 264 g/mol. The number of halogens is 1. The topological polar surface area (TPSA) is 44.2 Å². The van der Waals surface area contributed by atoms with Gasteiger partial charge in [0, 0.05) is 18.1 Å². The molecule has 1 saturated carbocycles. The van der Waals surface area contributed by atoms with Gasteiger partial charge in [-0.3, -0.25) is 0 Å². The standard InChI is InChI=1S/C14H19ClN2O2/c1-9-12(15)16-13(10-5-6-10)17-14(9)19-8-11-4-2-3-7-18-11/h10-11H,2-8H2,1H3. The number of hydrogen-bond donors (Lipinski definition) is 0. The summed E-state index contributed by atoms with van der Waals surface area (Å²) in [6.07, 6.45) is 5.93. The maximum Gasteiger partial charge on any atom is 0.221 e. The van der Waals surface area contributed by atoms with Crippen LogP contribution in [0, 0.1) is 6.92 Å². The molecule has 19 heavy (non-hydrogen) atoms. The summed E-state index contributed by atoms with van der Waals surface area (Å²) in [6.45, 7) is 3.29. The average Bonchev–Trinajstić information content (AvgIpc) is 3.26. The van der Waals surface area contributed by atoms with Crippen molar-refractivity contribution in [3.8, 4) is 5.88 Å². The fraction of sp³-hybridized carbons (Fsp3) is 0.714. The van der Waals surface area contributed by atoms with Gasteiger partial charge in [-0.15, -0.1) is 0 Å². The normalized spacial score (nSPS) is 23.4. The third-order valence-electron chi connectivity index (χ3n) is 3.68. The molecule has 1 aliphatic carbocycles. The molecule has 1 aromatic rings. The highest BCUT2D eigenvalue weighted by Gasteiger charge is 2.28. The summed E-state index contributed by atoms with van der Waals surface area (Å²) >= 11 is 6.15. The molecule has 0 amide bonds. The first kappa shape index (κ1) is 13.1. The Hall–Kier alpha value is -0.870. The largest absolute Gasteiger partial charge is 0.475 e. The van der Waals surface area contributed by atoms with E-state index in [-0.39, 0.29) is 6.10 Å². The Balaban J connectivity index is 1.68. The van der Waals surface area contributed by atoms with E-state index in [1.54, 1.807) is 0 Å². The van der Waals surface area contributed by atoms with Crippen LogP contribution in [0.3, 0.4) is 0 Å². The molecule has 104 valence electrons. The Morgan fingerprint density at radius 3 is 2.79 bits per heavy atom. The van der Waals surface area contributed by atoms with Crippen LogP contribution in [0.25, 0.3) is 0 Å². The van der Waals surface area contributed by atoms with Crippen LogP contribution in [0.15, 0.2) is 0 Å². The molecule has 0 bridgehead atoms. The molecule has 1 atom stereocenters. The molecule has 1 unspecified atom stereocenters. The monoisotopic (exact) mass is 282 g/mol. The second-order valence-electron chi connectivity index (χ2n) is 5.38. The molecule has 5 heteroatoms. The van der Waals surface area contributed by atoms with Gasteiger partial charge in [0.05, 0.1) is 6.10 Å². The highest BCUT2D eigenvalue weighted by atomic mass is 35.5. The molecule has 1 aliphatic heterocycles. The molecule has 0 aromatic carbocycles. The quantitative estimate of drug-likeness (QED) is 0.795. The van der Waals surface area contributed by atoms with Crippen LogP contribution in [0.4, 0.5) is 0 Å². The Kier molecular flexibility index (Phi) is 3.89. The second kappa shape index (κ2) is 5.63. The highest BCUT2D eigenvalue weighted by Crippen LogP contribution is 2.39. The molecular formula is C14H19ClN2O2. The molecule has 2 heterocycles. The van der Waals surface area contributed by atoms with Crippen LogP contribution < -0.4 is 4.74 Å². The van der Waals surface area contributed by atoms with Crippen molar-refractivity contribution in [3.63, 3.8) is 0 Å². The van der Waals surface area contributed by atoms with Gasteiger partial charge in [-0.2, -0.15) is 4.98 Å². The molecule has 0 radical (unpaired) electrons. The van der Waals surface area contributed by atoms with E-state index in [0.717, 1.165) is 43.7 Å². The molecule has 0 spiro atoms. The van der Waals surface area contributed by atoms with Crippen LogP contribution in [-0.4, -0.2) is 29.3 Å². The lowest BCUT2D eigenvalue weighted by molar-refractivity contribution is -0.0121. The van der Waals surface area contributed by atoms with Crippen LogP contribution in [0.2, 0.25) is 5.15 Å². The average molecular weight is 283 g/mol. The second-order valence-corrected chi connectivity index (χ2v) is 5.73. The Morgan fingerprint density at radius 2 is 2.11 bits per heavy atom. The lowest BCUT2D eigenvalue weighted by Crippen LogP contribution is -2.26. The van der Waals surface area contributed by atoms with Gasteiger partial charge in [-0.25, -0.2) is 4.98 Å². The van der Waals surface area contributed by atoms with Crippen molar-refractivity contribution in [1.82, 2.24) is 9.97 Å². The number of ether oxygens (including phenoxy) is 2. The number of hydrogen-bond acceptors (Lipinski definition) is 4. The van der Waals surface area contributed by atoms with Gasteiger partial charge in [0.2, 0.25) is 5.88 Å². The van der Waals surface area contributed by atoms with Crippen LogP contribution >= 0.6 is 11.6 Å². The molecule has 1 saturated heterocycles. The minimum absolute atomic E-state index is 0.186. The van der Waals surface area contributed by atoms with E-state index in [0.29, 0.717) is 23.6 Å². The fourth-order valence-electron chi connectivity index (χ4n) is 2.26. The summed E-state index contributed by atoms with van der Waals surface area (Å²) in [7, 11) is 0. The summed E-state index contributed by atoms with van der Waals surface area (Å²) < 4.78 is 11.5. The number of nitrogens with zero attached hydrogens (tertiary/aromatic N) is 2. The smallest absolute Gasteiger partial charge is 0.221 e. The third-order valence-corrected chi connectivity index (χ3v) is 4.05. The zero-order valence-corrected chi connectivity index (χ0v) is 11.9. The summed E-state index contributed by atoms with van der Waals surface area (Å²) in [5.41, 5.74) is 0.821. The van der Waals surface area contributed by atoms with Crippen molar-refractivity contribution in [2.75, 3.05) is 13.2 Å². The van der Waals surface area contributed by atoms with Crippen molar-refractivity contribution in [2.24, 2.45) is 0 Å². The van der Waals surface area contributed by atoms with Crippen molar-refractivity contribution < 1.29 is 9.47 Å². The molecule has 2 fully saturated rings. The maximum atomic E-state index is 6.15. The van der Waals surface area contributed by atoms with Gasteiger partial charge in [0.25, 0.3) is 0 Å². The van der Waals surface area contributed by atoms with E-state index in [4.69, 9.17) is 21.1 Å². The van der Waals surface area contributed by atoms with Crippen molar-refractivity contribution >= 4 is 11.6 Å². The van der Waals surface area contributed by atoms with Crippen molar-refractivity contribution in [2.45, 2.75) is 51.0 Å². The van der Waals surface area contributed by atoms with Gasteiger partial charge in [0.15, 0.2) is 0 Å². The minimum atomic E-state index is 0.186. The summed E-state index contributed by atoms with van der Waals surface area (Å²) in [5, 5.41) is 0.511. The lowest BCUT2D eigenvalue weighted by atomic mass is 10.1. The van der Waals surface area contributed by atoms with Gasteiger partial charge in [-0.1, -0.05) is 11.6 Å². The van der Waals surface area contributed by atoms with Gasteiger partial charge in [0.1, 0.15) is 17.6 Å². The lowest BCUT2D eigenvalue weighted by Gasteiger charge is -2.22. The zero-order chi connectivity index (χ0) is 13.2. The maximum absolute atomic E-state index is 6.15. The Morgan fingerprint density at radius 1 is 1.26 bits per heavy atom. The Bertz CT molecular complexity index is 457. The fourth-order valence-corrected chi connectivity index (χ4v) is 2.43. The van der Waals surface area contributed by atoms with Crippen LogP contribution in [0.1, 0.15) is 49.4 Å². The molecule has 2 aliphatic rings. The van der Waals surface area contributed by atoms with E-state index in [1.807, 2.05) is 6.92 Å². The zero-order valence-electron chi connectivity index (χ0n) is 11.2. The first-order valence-corrected chi connectivity index (χ1v) is 7.40. The van der Waals surface area contributed by atoms with Crippen molar-refractivity contribution in [3.05, 3.63) is 16.5 Å². The molecule has 1 aromatic heterocycles. The molecule has 3 rings (SSSR count). The first-order valence-electron chi connectivity index (χ1n) is 7.02. The SMILES string of the molecule is Cc1c(Cl)nc(C2CC2)nc1OCC1CCCCO1. The van der Waals surface area contributed by atoms with E-state index in [2.05, 4.69) is 9.97 Å². The third kappa shape index (κ3) is 3.18. The predicted molar refractivity (Wildman–Crippen MR) is 72.8 cm³/mol. The van der Waals surface area contributed by atoms with Gasteiger partial charge in [-0.05, 0) is 39.0 Å². The Labute approximate surface area is 118 Å². The molecule has 0 N–H and O–H groups in total. The number of rotatable bonds is 4. The summed E-state index contributed by atoms with van der Waals surface area (Å²) in [6, 6.07) is 0. The van der Waals surface area contributed by atoms with E-state index in [1.165, 1.54) is 6.42 Å². The van der Waals surface area contributed by atoms with Crippen molar-refractivity contribution in [1.29, 1.82) is 0 Å². The summed E-state index contributed by atoms with van der Waals surface area (Å²) in [5.74, 6) is 1.93. The minimum Gasteiger partial charge on any atom is -0.475 e. The first-order chi connectivity index (χ1) is 9.24.